The van der Waals surface area contributed by atoms with Crippen LogP contribution in [0.5, 0.6) is 23.0 Å². The van der Waals surface area contributed by atoms with E-state index < -0.39 is 0 Å². The van der Waals surface area contributed by atoms with E-state index in [2.05, 4.69) is 19.1 Å². The highest BCUT2D eigenvalue weighted by atomic mass is 32.2. The molecule has 0 heterocycles. The molecule has 0 aliphatic carbocycles. The molecule has 5 aromatic rings. The van der Waals surface area contributed by atoms with Crippen molar-refractivity contribution in [1.82, 2.24) is 0 Å². The van der Waals surface area contributed by atoms with Crippen LogP contribution in [0.2, 0.25) is 0 Å². The van der Waals surface area contributed by atoms with E-state index in [9.17, 15) is 4.79 Å². The summed E-state index contributed by atoms with van der Waals surface area (Å²) in [4.78, 5) is 14.9. The van der Waals surface area contributed by atoms with Crippen LogP contribution in [-0.2, 0) is 0 Å². The van der Waals surface area contributed by atoms with E-state index in [-0.39, 0.29) is 5.78 Å². The van der Waals surface area contributed by atoms with E-state index in [0.717, 1.165) is 32.6 Å². The molecule has 4 heteroatoms. The lowest BCUT2D eigenvalue weighted by Crippen LogP contribution is -2.00. The van der Waals surface area contributed by atoms with Crippen LogP contribution in [0.4, 0.5) is 0 Å². The highest BCUT2D eigenvalue weighted by Crippen LogP contribution is 2.32. The minimum absolute atomic E-state index is 0.00247. The molecule has 0 aliphatic rings. The molecule has 0 N–H and O–H groups in total. The summed E-state index contributed by atoms with van der Waals surface area (Å²) in [6.45, 7) is 4.06. The number of ether oxygens (including phenoxy) is 2. The number of benzene rings is 5. The van der Waals surface area contributed by atoms with Crippen molar-refractivity contribution in [3.63, 3.8) is 0 Å². The van der Waals surface area contributed by atoms with Crippen LogP contribution in [0.25, 0.3) is 0 Å². The molecule has 0 saturated carbocycles. The third-order valence-electron chi connectivity index (χ3n) is 5.81. The Bertz CT molecular complexity index is 1470. The molecule has 0 radical (unpaired) electrons. The minimum Gasteiger partial charge on any atom is -0.457 e. The lowest BCUT2D eigenvalue weighted by Gasteiger charge is -2.09. The van der Waals surface area contributed by atoms with Gasteiger partial charge in [-0.2, -0.15) is 0 Å². The van der Waals surface area contributed by atoms with E-state index in [1.165, 1.54) is 5.56 Å². The average Bonchev–Trinajstić information content (AvgIpc) is 2.93. The maximum Gasteiger partial charge on any atom is 0.193 e. The second-order valence-electron chi connectivity index (χ2n) is 8.78. The lowest BCUT2D eigenvalue weighted by atomic mass is 10.0. The molecule has 0 fully saturated rings. The second kappa shape index (κ2) is 11.2. The zero-order valence-corrected chi connectivity index (χ0v) is 21.5. The molecular formula is C33H26O3S. The Morgan fingerprint density at radius 1 is 0.459 bits per heavy atom. The summed E-state index contributed by atoms with van der Waals surface area (Å²) < 4.78 is 11.9. The first-order chi connectivity index (χ1) is 18.0. The molecule has 5 rings (SSSR count). The molecule has 0 amide bonds. The second-order valence-corrected chi connectivity index (χ2v) is 9.93. The summed E-state index contributed by atoms with van der Waals surface area (Å²) in [6.07, 6.45) is 0. The molecule has 5 aromatic carbocycles. The summed E-state index contributed by atoms with van der Waals surface area (Å²) in [5.41, 5.74) is 3.66. The van der Waals surface area contributed by atoms with Crippen LogP contribution in [0, 0.1) is 13.8 Å². The fraction of sp³-hybridized carbons (Fsp3) is 0.0606. The molecule has 0 saturated heterocycles. The summed E-state index contributed by atoms with van der Waals surface area (Å²) >= 11 is 1.67. The zero-order valence-electron chi connectivity index (χ0n) is 20.7. The van der Waals surface area contributed by atoms with Crippen molar-refractivity contribution in [2.24, 2.45) is 0 Å². The first-order valence-electron chi connectivity index (χ1n) is 12.0. The maximum atomic E-state index is 12.7. The highest BCUT2D eigenvalue weighted by molar-refractivity contribution is 7.99. The van der Waals surface area contributed by atoms with E-state index in [4.69, 9.17) is 9.47 Å². The van der Waals surface area contributed by atoms with Gasteiger partial charge in [-0.25, -0.2) is 0 Å². The van der Waals surface area contributed by atoms with Gasteiger partial charge in [0.05, 0.1) is 0 Å². The van der Waals surface area contributed by atoms with E-state index in [1.807, 2.05) is 104 Å². The van der Waals surface area contributed by atoms with Crippen LogP contribution in [0.3, 0.4) is 0 Å². The van der Waals surface area contributed by atoms with Crippen molar-refractivity contribution < 1.29 is 14.3 Å². The number of ketones is 1. The molecule has 0 unspecified atom stereocenters. The van der Waals surface area contributed by atoms with Gasteiger partial charge in [-0.3, -0.25) is 4.79 Å². The standard InChI is InChI=1S/C33H26O3S/c1-23-3-7-25(8-4-23)33(34)26-9-13-28(14-10-26)36-30-17-21-32(22-18-30)37-31-19-15-29(16-20-31)35-27-11-5-24(2)6-12-27/h3-22H,1-2H3. The summed E-state index contributed by atoms with van der Waals surface area (Å²) in [7, 11) is 0. The molecule has 0 bridgehead atoms. The Labute approximate surface area is 221 Å². The van der Waals surface area contributed by atoms with Crippen molar-refractivity contribution in [2.75, 3.05) is 0 Å². The summed E-state index contributed by atoms with van der Waals surface area (Å²) in [5.74, 6) is 3.06. The van der Waals surface area contributed by atoms with Crippen molar-refractivity contribution in [3.05, 3.63) is 144 Å². The summed E-state index contributed by atoms with van der Waals surface area (Å²) in [6, 6.07) is 38.9. The van der Waals surface area contributed by atoms with Crippen molar-refractivity contribution >= 4 is 17.5 Å². The highest BCUT2D eigenvalue weighted by Gasteiger charge is 2.09. The lowest BCUT2D eigenvalue weighted by molar-refractivity contribution is 0.103. The molecule has 0 aliphatic heterocycles. The van der Waals surface area contributed by atoms with Gasteiger partial charge < -0.3 is 9.47 Å². The molecule has 182 valence electrons. The Kier molecular flexibility index (Phi) is 7.38. The predicted molar refractivity (Wildman–Crippen MR) is 149 cm³/mol. The van der Waals surface area contributed by atoms with Gasteiger partial charge in [0.25, 0.3) is 0 Å². The number of rotatable bonds is 8. The Morgan fingerprint density at radius 3 is 1.16 bits per heavy atom. The number of carbonyl (C=O) groups excluding carboxylic acids is 1. The molecule has 0 atom stereocenters. The largest absolute Gasteiger partial charge is 0.457 e. The fourth-order valence-corrected chi connectivity index (χ4v) is 4.53. The van der Waals surface area contributed by atoms with Crippen LogP contribution in [-0.4, -0.2) is 5.78 Å². The van der Waals surface area contributed by atoms with Gasteiger partial charge in [0.2, 0.25) is 0 Å². The quantitative estimate of drug-likeness (QED) is 0.198. The Morgan fingerprint density at radius 2 is 0.757 bits per heavy atom. The number of hydrogen-bond acceptors (Lipinski definition) is 4. The topological polar surface area (TPSA) is 35.5 Å². The van der Waals surface area contributed by atoms with E-state index in [0.29, 0.717) is 16.9 Å². The molecule has 0 aromatic heterocycles. The van der Waals surface area contributed by atoms with Crippen molar-refractivity contribution in [1.29, 1.82) is 0 Å². The normalized spacial score (nSPS) is 10.6. The number of carbonyl (C=O) groups is 1. The van der Waals surface area contributed by atoms with Crippen LogP contribution < -0.4 is 9.47 Å². The minimum atomic E-state index is 0.00247. The molecule has 0 spiro atoms. The SMILES string of the molecule is Cc1ccc(Oc2ccc(Sc3ccc(Oc4ccc(C(=O)c5ccc(C)cc5)cc4)cc3)cc2)cc1. The van der Waals surface area contributed by atoms with Gasteiger partial charge >= 0.3 is 0 Å². The predicted octanol–water partition coefficient (Wildman–Crippen LogP) is 9.27. The number of aryl methyl sites for hydroxylation is 2. The molecule has 37 heavy (non-hydrogen) atoms. The van der Waals surface area contributed by atoms with Gasteiger partial charge in [0.1, 0.15) is 23.0 Å². The molecule has 3 nitrogen and oxygen atoms in total. The van der Waals surface area contributed by atoms with Gasteiger partial charge in [-0.15, -0.1) is 0 Å². The Hall–Kier alpha value is -4.28. The third kappa shape index (κ3) is 6.49. The van der Waals surface area contributed by atoms with Crippen LogP contribution in [0.15, 0.2) is 131 Å². The van der Waals surface area contributed by atoms with Gasteiger partial charge in [-0.1, -0.05) is 59.3 Å². The van der Waals surface area contributed by atoms with Crippen LogP contribution >= 0.6 is 11.8 Å². The Balaban J connectivity index is 1.16. The fourth-order valence-electron chi connectivity index (χ4n) is 3.71. The van der Waals surface area contributed by atoms with E-state index in [1.54, 1.807) is 23.9 Å². The third-order valence-corrected chi connectivity index (χ3v) is 6.82. The first kappa shape index (κ1) is 24.4. The van der Waals surface area contributed by atoms with Crippen molar-refractivity contribution in [3.8, 4) is 23.0 Å². The molecular weight excluding hydrogens is 476 g/mol. The smallest absolute Gasteiger partial charge is 0.193 e. The first-order valence-corrected chi connectivity index (χ1v) is 12.9. The van der Waals surface area contributed by atoms with Gasteiger partial charge in [0.15, 0.2) is 5.78 Å². The zero-order chi connectivity index (χ0) is 25.6. The maximum absolute atomic E-state index is 12.7. The van der Waals surface area contributed by atoms with Gasteiger partial charge in [-0.05, 0) is 98.8 Å². The van der Waals surface area contributed by atoms with E-state index >= 15 is 0 Å². The number of hydrogen-bond donors (Lipinski definition) is 0. The van der Waals surface area contributed by atoms with Crippen molar-refractivity contribution in [2.45, 2.75) is 23.6 Å². The average molecular weight is 503 g/mol. The monoisotopic (exact) mass is 502 g/mol. The van der Waals surface area contributed by atoms with Crippen LogP contribution in [0.1, 0.15) is 27.0 Å². The van der Waals surface area contributed by atoms with Gasteiger partial charge in [0, 0.05) is 20.9 Å². The summed E-state index contributed by atoms with van der Waals surface area (Å²) in [5, 5.41) is 0.